The molecule has 1 N–H and O–H groups in total. The summed E-state index contributed by atoms with van der Waals surface area (Å²) in [5, 5.41) is 3.47. The van der Waals surface area contributed by atoms with Gasteiger partial charge < -0.3 is 15.0 Å². The van der Waals surface area contributed by atoms with E-state index in [1.807, 2.05) is 6.07 Å². The van der Waals surface area contributed by atoms with Crippen molar-refractivity contribution in [3.8, 4) is 5.75 Å². The topological polar surface area (TPSA) is 24.5 Å². The fourth-order valence-corrected chi connectivity index (χ4v) is 2.07. The second-order valence-corrected chi connectivity index (χ2v) is 6.23. The van der Waals surface area contributed by atoms with Crippen LogP contribution < -0.4 is 15.0 Å². The molecule has 0 saturated carbocycles. The van der Waals surface area contributed by atoms with E-state index in [9.17, 15) is 0 Å². The first-order valence-electron chi connectivity index (χ1n) is 7.62. The maximum Gasteiger partial charge on any atom is 0.121 e. The van der Waals surface area contributed by atoms with E-state index < -0.39 is 0 Å². The highest BCUT2D eigenvalue weighted by atomic mass is 16.5. The van der Waals surface area contributed by atoms with Gasteiger partial charge in [-0.15, -0.1) is 0 Å². The zero-order valence-electron chi connectivity index (χ0n) is 13.9. The summed E-state index contributed by atoms with van der Waals surface area (Å²) < 4.78 is 6.00. The molecule has 1 aromatic rings. The number of anilines is 1. The molecule has 0 aliphatic heterocycles. The zero-order valence-corrected chi connectivity index (χ0v) is 13.9. The van der Waals surface area contributed by atoms with Crippen molar-refractivity contribution in [3.63, 3.8) is 0 Å². The summed E-state index contributed by atoms with van der Waals surface area (Å²) in [6.07, 6.45) is 0.154. The summed E-state index contributed by atoms with van der Waals surface area (Å²) in [5.41, 5.74) is 1.35. The quantitative estimate of drug-likeness (QED) is 0.823. The van der Waals surface area contributed by atoms with Gasteiger partial charge in [0.2, 0.25) is 0 Å². The maximum atomic E-state index is 6.00. The number of benzene rings is 1. The summed E-state index contributed by atoms with van der Waals surface area (Å²) in [6.45, 7) is 15.8. The largest absolute Gasteiger partial charge is 0.489 e. The number of rotatable bonds is 7. The average Bonchev–Trinajstić information content (AvgIpc) is 2.38. The van der Waals surface area contributed by atoms with Crippen molar-refractivity contribution in [2.45, 2.75) is 53.2 Å². The molecule has 114 valence electrons. The third-order valence-electron chi connectivity index (χ3n) is 3.20. The Labute approximate surface area is 124 Å². The Morgan fingerprint density at radius 3 is 2.40 bits per heavy atom. The van der Waals surface area contributed by atoms with Crippen molar-refractivity contribution in [1.82, 2.24) is 5.32 Å². The predicted octanol–water partition coefficient (Wildman–Crippen LogP) is 3.69. The van der Waals surface area contributed by atoms with Crippen molar-refractivity contribution in [1.29, 1.82) is 0 Å². The molecule has 0 radical (unpaired) electrons. The molecule has 0 bridgehead atoms. The highest BCUT2D eigenvalue weighted by molar-refractivity contribution is 5.50. The summed E-state index contributed by atoms with van der Waals surface area (Å²) in [6, 6.07) is 8.35. The van der Waals surface area contributed by atoms with Crippen molar-refractivity contribution >= 4 is 5.69 Å². The number of hydrogen-bond donors (Lipinski definition) is 1. The number of ether oxygens (including phenoxy) is 1. The number of nitrogens with zero attached hydrogens (tertiary/aromatic N) is 1. The minimum Gasteiger partial charge on any atom is -0.489 e. The molecule has 0 amide bonds. The molecule has 0 saturated heterocycles. The van der Waals surface area contributed by atoms with E-state index in [1.165, 1.54) is 5.69 Å². The van der Waals surface area contributed by atoms with Gasteiger partial charge in [0.25, 0.3) is 0 Å². The van der Waals surface area contributed by atoms with Crippen molar-refractivity contribution < 1.29 is 4.74 Å². The molecule has 3 heteroatoms. The lowest BCUT2D eigenvalue weighted by molar-refractivity contribution is 0.203. The van der Waals surface area contributed by atoms with Crippen LogP contribution in [0.1, 0.15) is 41.5 Å². The minimum atomic E-state index is 0.126. The summed E-state index contributed by atoms with van der Waals surface area (Å²) in [5.74, 6) is 0.942. The number of hydrogen-bond acceptors (Lipinski definition) is 3. The first-order valence-corrected chi connectivity index (χ1v) is 7.62. The lowest BCUT2D eigenvalue weighted by atomic mass is 10.1. The molecule has 1 aromatic carbocycles. The van der Waals surface area contributed by atoms with E-state index in [1.54, 1.807) is 0 Å². The Balaban J connectivity index is 2.61. The lowest BCUT2D eigenvalue weighted by Crippen LogP contribution is -2.41. The fourth-order valence-electron chi connectivity index (χ4n) is 2.07. The Morgan fingerprint density at radius 2 is 1.85 bits per heavy atom. The van der Waals surface area contributed by atoms with Crippen LogP contribution in [0.25, 0.3) is 0 Å². The van der Waals surface area contributed by atoms with Crippen molar-refractivity contribution in [3.05, 3.63) is 24.3 Å². The van der Waals surface area contributed by atoms with Gasteiger partial charge in [0, 0.05) is 36.9 Å². The Hall–Kier alpha value is -1.22. The van der Waals surface area contributed by atoms with E-state index in [0.717, 1.165) is 25.4 Å². The van der Waals surface area contributed by atoms with Crippen LogP contribution in [-0.4, -0.2) is 31.3 Å². The van der Waals surface area contributed by atoms with Crippen LogP contribution in [0, 0.1) is 0 Å². The van der Waals surface area contributed by atoms with Crippen LogP contribution in [0.5, 0.6) is 5.75 Å². The monoisotopic (exact) mass is 278 g/mol. The van der Waals surface area contributed by atoms with Crippen LogP contribution in [0.2, 0.25) is 0 Å². The lowest BCUT2D eigenvalue weighted by Gasteiger charge is -2.25. The van der Waals surface area contributed by atoms with Gasteiger partial charge in [0.15, 0.2) is 0 Å². The minimum absolute atomic E-state index is 0.126. The van der Waals surface area contributed by atoms with Crippen molar-refractivity contribution in [2.24, 2.45) is 0 Å². The zero-order chi connectivity index (χ0) is 15.2. The van der Waals surface area contributed by atoms with Gasteiger partial charge in [-0.3, -0.25) is 0 Å². The van der Waals surface area contributed by atoms with E-state index in [0.29, 0.717) is 0 Å². The SMILES string of the molecule is CCN(CC)c1cccc(OC(C)CNC(C)(C)C)c1. The summed E-state index contributed by atoms with van der Waals surface area (Å²) >= 11 is 0. The van der Waals surface area contributed by atoms with Crippen LogP contribution in [0.3, 0.4) is 0 Å². The van der Waals surface area contributed by atoms with E-state index in [2.05, 4.69) is 70.0 Å². The summed E-state index contributed by atoms with van der Waals surface area (Å²) in [4.78, 5) is 2.32. The molecule has 0 aliphatic carbocycles. The molecule has 3 nitrogen and oxygen atoms in total. The molecule has 0 heterocycles. The highest BCUT2D eigenvalue weighted by Crippen LogP contribution is 2.21. The smallest absolute Gasteiger partial charge is 0.121 e. The van der Waals surface area contributed by atoms with Crippen molar-refractivity contribution in [2.75, 3.05) is 24.5 Å². The number of nitrogens with one attached hydrogen (secondary N) is 1. The molecule has 1 unspecified atom stereocenters. The molecular formula is C17H30N2O. The Kier molecular flexibility index (Phi) is 6.34. The van der Waals surface area contributed by atoms with Gasteiger partial charge in [0.05, 0.1) is 0 Å². The van der Waals surface area contributed by atoms with E-state index in [4.69, 9.17) is 4.74 Å². The van der Waals surface area contributed by atoms with Crippen LogP contribution in [0.4, 0.5) is 5.69 Å². The van der Waals surface area contributed by atoms with Crippen LogP contribution in [0.15, 0.2) is 24.3 Å². The molecule has 0 aromatic heterocycles. The van der Waals surface area contributed by atoms with Gasteiger partial charge in [-0.1, -0.05) is 6.07 Å². The molecule has 1 atom stereocenters. The predicted molar refractivity (Wildman–Crippen MR) is 87.8 cm³/mol. The standard InChI is InChI=1S/C17H30N2O/c1-7-19(8-2)15-10-9-11-16(12-15)20-14(3)13-18-17(4,5)6/h9-12,14,18H,7-8,13H2,1-6H3. The van der Waals surface area contributed by atoms with Crippen LogP contribution in [-0.2, 0) is 0 Å². The first-order chi connectivity index (χ1) is 9.35. The van der Waals surface area contributed by atoms with E-state index >= 15 is 0 Å². The molecule has 0 fully saturated rings. The van der Waals surface area contributed by atoms with Gasteiger partial charge in [-0.2, -0.15) is 0 Å². The second-order valence-electron chi connectivity index (χ2n) is 6.23. The third-order valence-corrected chi connectivity index (χ3v) is 3.20. The van der Waals surface area contributed by atoms with Gasteiger partial charge in [-0.25, -0.2) is 0 Å². The molecule has 0 aliphatic rings. The van der Waals surface area contributed by atoms with Gasteiger partial charge in [-0.05, 0) is 53.7 Å². The van der Waals surface area contributed by atoms with Crippen LogP contribution >= 0.6 is 0 Å². The Bertz CT molecular complexity index is 394. The molecule has 1 rings (SSSR count). The molecule has 20 heavy (non-hydrogen) atoms. The van der Waals surface area contributed by atoms with Gasteiger partial charge in [0.1, 0.15) is 11.9 Å². The van der Waals surface area contributed by atoms with Gasteiger partial charge >= 0.3 is 0 Å². The molecular weight excluding hydrogens is 248 g/mol. The second kappa shape index (κ2) is 7.53. The molecule has 0 spiro atoms. The summed E-state index contributed by atoms with van der Waals surface area (Å²) in [7, 11) is 0. The first kappa shape index (κ1) is 16.8. The highest BCUT2D eigenvalue weighted by Gasteiger charge is 2.12. The maximum absolute atomic E-state index is 6.00. The third kappa shape index (κ3) is 5.83. The fraction of sp³-hybridized carbons (Fsp3) is 0.647. The normalized spacial score (nSPS) is 13.1. The Morgan fingerprint density at radius 1 is 1.20 bits per heavy atom. The van der Waals surface area contributed by atoms with E-state index in [-0.39, 0.29) is 11.6 Å². The average molecular weight is 278 g/mol.